The summed E-state index contributed by atoms with van der Waals surface area (Å²) < 4.78 is 32.0. The highest BCUT2D eigenvalue weighted by Crippen LogP contribution is 2.26. The van der Waals surface area contributed by atoms with Crippen LogP contribution in [-0.2, 0) is 9.53 Å². The van der Waals surface area contributed by atoms with Gasteiger partial charge in [-0.05, 0) is 45.9 Å². The molecule has 2 aromatic rings. The van der Waals surface area contributed by atoms with Gasteiger partial charge in [0.1, 0.15) is 23.3 Å². The Morgan fingerprint density at radius 2 is 1.79 bits per heavy atom. The molecule has 1 atom stereocenters. The molecule has 1 aromatic heterocycles. The molecule has 0 spiro atoms. The second-order valence-corrected chi connectivity index (χ2v) is 7.06. The largest absolute Gasteiger partial charge is 0.444 e. The van der Waals surface area contributed by atoms with Crippen LogP contribution in [-0.4, -0.2) is 28.6 Å². The van der Waals surface area contributed by atoms with Crippen LogP contribution in [0.5, 0.6) is 0 Å². The first-order valence-electron chi connectivity index (χ1n) is 8.51. The van der Waals surface area contributed by atoms with Crippen molar-refractivity contribution in [2.45, 2.75) is 39.3 Å². The van der Waals surface area contributed by atoms with E-state index in [2.05, 4.69) is 20.9 Å². The maximum Gasteiger partial charge on any atom is 0.408 e. The number of amides is 2. The Balaban J connectivity index is 2.10. The van der Waals surface area contributed by atoms with E-state index in [-0.39, 0.29) is 17.1 Å². The van der Waals surface area contributed by atoms with E-state index in [1.165, 1.54) is 25.3 Å². The summed E-state index contributed by atoms with van der Waals surface area (Å²) in [6, 6.07) is 3.92. The van der Waals surface area contributed by atoms with Crippen LogP contribution < -0.4 is 16.0 Å². The highest BCUT2D eigenvalue weighted by atomic mass is 19.1. The molecule has 0 saturated carbocycles. The molecule has 1 aromatic carbocycles. The molecule has 0 bridgehead atoms. The number of ether oxygens (including phenoxy) is 1. The van der Waals surface area contributed by atoms with Crippen LogP contribution in [0, 0.1) is 11.6 Å². The van der Waals surface area contributed by atoms with Crippen LogP contribution >= 0.6 is 0 Å². The van der Waals surface area contributed by atoms with Crippen LogP contribution in [0.4, 0.5) is 30.6 Å². The Kier molecular flexibility index (Phi) is 6.50. The minimum atomic E-state index is -0.913. The second-order valence-electron chi connectivity index (χ2n) is 7.06. The summed E-state index contributed by atoms with van der Waals surface area (Å²) in [5, 5.41) is 7.81. The zero-order valence-corrected chi connectivity index (χ0v) is 16.0. The molecule has 0 radical (unpaired) electrons. The summed E-state index contributed by atoms with van der Waals surface area (Å²) >= 11 is 0. The van der Waals surface area contributed by atoms with Gasteiger partial charge < -0.3 is 20.7 Å². The van der Waals surface area contributed by atoms with Gasteiger partial charge in [-0.3, -0.25) is 9.78 Å². The van der Waals surface area contributed by atoms with Crippen molar-refractivity contribution in [1.82, 2.24) is 10.3 Å². The van der Waals surface area contributed by atoms with Gasteiger partial charge in [0.2, 0.25) is 5.91 Å². The molecule has 3 N–H and O–H groups in total. The van der Waals surface area contributed by atoms with Crippen molar-refractivity contribution < 1.29 is 23.1 Å². The molecule has 0 aliphatic heterocycles. The molecule has 9 heteroatoms. The smallest absolute Gasteiger partial charge is 0.408 e. The number of nitrogens with one attached hydrogen (secondary N) is 3. The van der Waals surface area contributed by atoms with E-state index in [9.17, 15) is 18.4 Å². The normalized spacial score (nSPS) is 12.1. The average molecular weight is 392 g/mol. The Labute approximate surface area is 161 Å². The summed E-state index contributed by atoms with van der Waals surface area (Å²) in [7, 11) is 0. The number of carbonyl (C=O) groups is 2. The Morgan fingerprint density at radius 1 is 1.07 bits per heavy atom. The number of hydrogen-bond acceptors (Lipinski definition) is 5. The SMILES string of the molecule is CC(NC(=O)OC(C)(C)C)C(=O)Nc1ccc(F)cc1Nc1cncc(F)c1. The van der Waals surface area contributed by atoms with Crippen molar-refractivity contribution >= 4 is 29.1 Å². The van der Waals surface area contributed by atoms with Crippen molar-refractivity contribution in [3.8, 4) is 0 Å². The van der Waals surface area contributed by atoms with E-state index in [1.807, 2.05) is 0 Å². The molecule has 7 nitrogen and oxygen atoms in total. The van der Waals surface area contributed by atoms with Gasteiger partial charge in [0, 0.05) is 6.07 Å². The fourth-order valence-electron chi connectivity index (χ4n) is 2.16. The van der Waals surface area contributed by atoms with Crippen LogP contribution in [0.3, 0.4) is 0 Å². The third kappa shape index (κ3) is 6.49. The number of pyridine rings is 1. The predicted molar refractivity (Wildman–Crippen MR) is 101 cm³/mol. The van der Waals surface area contributed by atoms with E-state index in [0.717, 1.165) is 18.3 Å². The Bertz CT molecular complexity index is 868. The second kappa shape index (κ2) is 8.64. The highest BCUT2D eigenvalue weighted by molar-refractivity contribution is 5.99. The maximum absolute atomic E-state index is 13.6. The van der Waals surface area contributed by atoms with Gasteiger partial charge in [0.25, 0.3) is 0 Å². The van der Waals surface area contributed by atoms with Crippen molar-refractivity contribution in [2.75, 3.05) is 10.6 Å². The van der Waals surface area contributed by atoms with E-state index >= 15 is 0 Å². The lowest BCUT2D eigenvalue weighted by Crippen LogP contribution is -2.44. The van der Waals surface area contributed by atoms with Gasteiger partial charge in [0.15, 0.2) is 0 Å². The lowest BCUT2D eigenvalue weighted by atomic mass is 10.2. The third-order valence-electron chi connectivity index (χ3n) is 3.35. The molecule has 28 heavy (non-hydrogen) atoms. The minimum absolute atomic E-state index is 0.199. The molecule has 0 fully saturated rings. The van der Waals surface area contributed by atoms with E-state index in [1.54, 1.807) is 20.8 Å². The number of aromatic nitrogens is 1. The van der Waals surface area contributed by atoms with Crippen molar-refractivity contribution in [2.24, 2.45) is 0 Å². The average Bonchev–Trinajstić information content (AvgIpc) is 2.55. The monoisotopic (exact) mass is 392 g/mol. The van der Waals surface area contributed by atoms with Gasteiger partial charge in [-0.1, -0.05) is 0 Å². The molecule has 0 saturated heterocycles. The highest BCUT2D eigenvalue weighted by Gasteiger charge is 2.21. The van der Waals surface area contributed by atoms with Crippen molar-refractivity contribution in [3.63, 3.8) is 0 Å². The van der Waals surface area contributed by atoms with Crippen molar-refractivity contribution in [1.29, 1.82) is 0 Å². The summed E-state index contributed by atoms with van der Waals surface area (Å²) in [5.41, 5.74) is 0.0209. The molecule has 150 valence electrons. The summed E-state index contributed by atoms with van der Waals surface area (Å²) in [6.07, 6.45) is 1.65. The number of rotatable bonds is 5. The van der Waals surface area contributed by atoms with Crippen LogP contribution in [0.2, 0.25) is 0 Å². The number of anilines is 3. The van der Waals surface area contributed by atoms with Crippen LogP contribution in [0.15, 0.2) is 36.7 Å². The number of hydrogen-bond donors (Lipinski definition) is 3. The first-order chi connectivity index (χ1) is 13.0. The van der Waals surface area contributed by atoms with Gasteiger partial charge in [0.05, 0.1) is 29.5 Å². The number of nitrogens with zero attached hydrogens (tertiary/aromatic N) is 1. The maximum atomic E-state index is 13.6. The number of carbonyl (C=O) groups excluding carboxylic acids is 2. The summed E-state index contributed by atoms with van der Waals surface area (Å²) in [4.78, 5) is 27.9. The number of benzene rings is 1. The van der Waals surface area contributed by atoms with Gasteiger partial charge in [-0.15, -0.1) is 0 Å². The van der Waals surface area contributed by atoms with E-state index in [0.29, 0.717) is 0 Å². The standard InChI is InChI=1S/C19H22F2N4O3/c1-11(23-18(27)28-19(2,3)4)17(26)25-15-6-5-12(20)8-16(15)24-14-7-13(21)9-22-10-14/h5-11,24H,1-4H3,(H,23,27)(H,25,26). The Morgan fingerprint density at radius 3 is 2.43 bits per heavy atom. The molecular formula is C19H22F2N4O3. The lowest BCUT2D eigenvalue weighted by molar-refractivity contribution is -0.117. The summed E-state index contributed by atoms with van der Waals surface area (Å²) in [6.45, 7) is 6.59. The van der Waals surface area contributed by atoms with Gasteiger partial charge in [-0.2, -0.15) is 0 Å². The Hall–Kier alpha value is -3.23. The van der Waals surface area contributed by atoms with E-state index < -0.39 is 35.3 Å². The minimum Gasteiger partial charge on any atom is -0.444 e. The number of alkyl carbamates (subject to hydrolysis) is 1. The predicted octanol–water partition coefficient (Wildman–Crippen LogP) is 3.96. The first-order valence-corrected chi connectivity index (χ1v) is 8.51. The zero-order chi connectivity index (χ0) is 20.9. The molecule has 1 unspecified atom stereocenters. The number of halogens is 2. The molecule has 0 aliphatic rings. The van der Waals surface area contributed by atoms with Crippen LogP contribution in [0.25, 0.3) is 0 Å². The van der Waals surface area contributed by atoms with Crippen LogP contribution in [0.1, 0.15) is 27.7 Å². The fraction of sp³-hybridized carbons (Fsp3) is 0.316. The topological polar surface area (TPSA) is 92.3 Å². The van der Waals surface area contributed by atoms with Gasteiger partial charge in [-0.25, -0.2) is 13.6 Å². The molecule has 0 aliphatic carbocycles. The fourth-order valence-corrected chi connectivity index (χ4v) is 2.16. The first kappa shape index (κ1) is 21.1. The molecule has 1 heterocycles. The van der Waals surface area contributed by atoms with E-state index in [4.69, 9.17) is 4.74 Å². The summed E-state index contributed by atoms with van der Waals surface area (Å²) in [5.74, 6) is -1.66. The quantitative estimate of drug-likeness (QED) is 0.716. The molecule has 2 amide bonds. The lowest BCUT2D eigenvalue weighted by Gasteiger charge is -2.22. The van der Waals surface area contributed by atoms with Crippen molar-refractivity contribution in [3.05, 3.63) is 48.3 Å². The van der Waals surface area contributed by atoms with Gasteiger partial charge >= 0.3 is 6.09 Å². The molecule has 2 rings (SSSR count). The molecular weight excluding hydrogens is 370 g/mol. The zero-order valence-electron chi connectivity index (χ0n) is 16.0. The third-order valence-corrected chi connectivity index (χ3v) is 3.35.